The van der Waals surface area contributed by atoms with Gasteiger partial charge < -0.3 is 10.4 Å². The van der Waals surface area contributed by atoms with Crippen molar-refractivity contribution in [1.82, 2.24) is 4.72 Å². The first-order chi connectivity index (χ1) is 12.3. The fraction of sp³-hybridized carbons (Fsp3) is 0.316. The molecule has 0 spiro atoms. The summed E-state index contributed by atoms with van der Waals surface area (Å²) in [6, 6.07) is 13.3. The molecule has 0 heterocycles. The van der Waals surface area contributed by atoms with Gasteiger partial charge in [-0.05, 0) is 37.1 Å². The lowest BCUT2D eigenvalue weighted by Gasteiger charge is -2.18. The van der Waals surface area contributed by atoms with Crippen molar-refractivity contribution < 1.29 is 18.3 Å². The number of benzene rings is 2. The maximum Gasteiger partial charge on any atom is 0.335 e. The summed E-state index contributed by atoms with van der Waals surface area (Å²) in [5, 5.41) is 12.4. The molecule has 3 N–H and O–H groups in total. The molecule has 140 valence electrons. The molecule has 6 nitrogen and oxygen atoms in total. The minimum atomic E-state index is -3.88. The Hall–Kier alpha value is -2.38. The van der Waals surface area contributed by atoms with Crippen LogP contribution < -0.4 is 10.0 Å². The van der Waals surface area contributed by atoms with Crippen molar-refractivity contribution in [3.8, 4) is 0 Å². The highest BCUT2D eigenvalue weighted by Gasteiger charge is 2.21. The molecule has 0 aliphatic rings. The molecule has 0 aromatic heterocycles. The number of nitrogens with one attached hydrogen (secondary N) is 2. The minimum Gasteiger partial charge on any atom is -0.478 e. The first-order valence-electron chi connectivity index (χ1n) is 8.51. The largest absolute Gasteiger partial charge is 0.478 e. The zero-order valence-corrected chi connectivity index (χ0v) is 15.7. The van der Waals surface area contributed by atoms with E-state index < -0.39 is 16.0 Å². The summed E-state index contributed by atoms with van der Waals surface area (Å²) in [6.07, 6.45) is 1.83. The number of aromatic carboxylic acids is 1. The summed E-state index contributed by atoms with van der Waals surface area (Å²) in [4.78, 5) is 11.2. The monoisotopic (exact) mass is 376 g/mol. The Bertz CT molecular complexity index is 851. The van der Waals surface area contributed by atoms with Crippen LogP contribution in [0.25, 0.3) is 0 Å². The van der Waals surface area contributed by atoms with Crippen LogP contribution in [-0.4, -0.2) is 25.5 Å². The van der Waals surface area contributed by atoms with Crippen LogP contribution in [0.4, 0.5) is 5.69 Å². The average Bonchev–Trinajstić information content (AvgIpc) is 2.61. The predicted molar refractivity (Wildman–Crippen MR) is 102 cm³/mol. The first kappa shape index (κ1) is 19.9. The van der Waals surface area contributed by atoms with Crippen LogP contribution in [0.15, 0.2) is 53.4 Å². The van der Waals surface area contributed by atoms with Crippen LogP contribution in [-0.2, 0) is 16.6 Å². The van der Waals surface area contributed by atoms with Gasteiger partial charge in [-0.1, -0.05) is 43.7 Å². The molecular formula is C19H24N2O4S. The van der Waals surface area contributed by atoms with Gasteiger partial charge in [-0.2, -0.15) is 0 Å². The van der Waals surface area contributed by atoms with Crippen molar-refractivity contribution in [3.05, 3.63) is 59.7 Å². The van der Waals surface area contributed by atoms with Gasteiger partial charge in [0.2, 0.25) is 10.0 Å². The van der Waals surface area contributed by atoms with Crippen LogP contribution in [0.5, 0.6) is 0 Å². The number of hydrogen-bond donors (Lipinski definition) is 3. The normalized spacial score (nSPS) is 12.5. The number of carboxylic acids is 1. The van der Waals surface area contributed by atoms with Crippen LogP contribution >= 0.6 is 0 Å². The topological polar surface area (TPSA) is 95.5 Å². The van der Waals surface area contributed by atoms with Gasteiger partial charge >= 0.3 is 5.97 Å². The van der Waals surface area contributed by atoms with Crippen LogP contribution in [0.3, 0.4) is 0 Å². The second-order valence-corrected chi connectivity index (χ2v) is 7.90. The van der Waals surface area contributed by atoms with Crippen molar-refractivity contribution in [1.29, 1.82) is 0 Å². The Morgan fingerprint density at radius 1 is 1.15 bits per heavy atom. The molecule has 7 heteroatoms. The number of rotatable bonds is 9. The van der Waals surface area contributed by atoms with Crippen molar-refractivity contribution in [2.75, 3.05) is 5.32 Å². The molecule has 0 radical (unpaired) electrons. The number of carbonyl (C=O) groups is 1. The molecule has 2 aromatic carbocycles. The third-order valence-electron chi connectivity index (χ3n) is 3.95. The van der Waals surface area contributed by atoms with Crippen LogP contribution in [0.2, 0.25) is 0 Å². The van der Waals surface area contributed by atoms with Crippen molar-refractivity contribution in [2.24, 2.45) is 0 Å². The van der Waals surface area contributed by atoms with Gasteiger partial charge in [-0.25, -0.2) is 17.9 Å². The molecule has 0 saturated heterocycles. The zero-order valence-electron chi connectivity index (χ0n) is 14.9. The van der Waals surface area contributed by atoms with Crippen LogP contribution in [0.1, 0.15) is 42.6 Å². The number of carboxylic acid groups (broad SMARTS) is 1. The highest BCUT2D eigenvalue weighted by atomic mass is 32.2. The molecule has 26 heavy (non-hydrogen) atoms. The number of anilines is 1. The van der Waals surface area contributed by atoms with E-state index in [2.05, 4.69) is 10.0 Å². The summed E-state index contributed by atoms with van der Waals surface area (Å²) >= 11 is 0. The Kier molecular flexibility index (Phi) is 6.76. The minimum absolute atomic E-state index is 0.0590. The Balaban J connectivity index is 2.33. The van der Waals surface area contributed by atoms with Crippen molar-refractivity contribution in [2.45, 2.75) is 44.2 Å². The predicted octanol–water partition coefficient (Wildman–Crippen LogP) is 3.46. The fourth-order valence-corrected chi connectivity index (χ4v) is 3.83. The summed E-state index contributed by atoms with van der Waals surface area (Å²) in [6.45, 7) is 4.14. The average molecular weight is 376 g/mol. The molecule has 0 fully saturated rings. The standard InChI is InChI=1S/C19H24N2O4S/c1-3-7-14(2)21-17-11-10-16(19(22)23)12-18(17)26(24,25)20-13-15-8-5-4-6-9-15/h4-6,8-12,14,20-21H,3,7,13H2,1-2H3,(H,22,23)/t14-/m0/s1. The summed E-state index contributed by atoms with van der Waals surface area (Å²) < 4.78 is 28.1. The van der Waals surface area contributed by atoms with E-state index >= 15 is 0 Å². The molecule has 0 unspecified atom stereocenters. The van der Waals surface area contributed by atoms with Crippen LogP contribution in [0, 0.1) is 0 Å². The van der Waals surface area contributed by atoms with Gasteiger partial charge in [-0.3, -0.25) is 0 Å². The van der Waals surface area contributed by atoms with Crippen molar-refractivity contribution >= 4 is 21.7 Å². The quantitative estimate of drug-likeness (QED) is 0.623. The Morgan fingerprint density at radius 3 is 2.46 bits per heavy atom. The third-order valence-corrected chi connectivity index (χ3v) is 5.39. The Morgan fingerprint density at radius 2 is 1.85 bits per heavy atom. The van der Waals surface area contributed by atoms with Gasteiger partial charge in [0.15, 0.2) is 0 Å². The van der Waals surface area contributed by atoms with Gasteiger partial charge in [0.1, 0.15) is 4.90 Å². The van der Waals surface area contributed by atoms with E-state index in [9.17, 15) is 18.3 Å². The van der Waals surface area contributed by atoms with Gasteiger partial charge in [0, 0.05) is 12.6 Å². The molecule has 0 aliphatic carbocycles. The summed E-state index contributed by atoms with van der Waals surface area (Å²) in [5.41, 5.74) is 1.15. The van der Waals surface area contributed by atoms with Gasteiger partial charge in [0.25, 0.3) is 0 Å². The lowest BCUT2D eigenvalue weighted by Crippen LogP contribution is -2.26. The fourth-order valence-electron chi connectivity index (χ4n) is 2.62. The van der Waals surface area contributed by atoms with E-state index in [1.165, 1.54) is 18.2 Å². The zero-order chi connectivity index (χ0) is 19.2. The third kappa shape index (κ3) is 5.31. The van der Waals surface area contributed by atoms with E-state index in [0.717, 1.165) is 18.4 Å². The number of hydrogen-bond acceptors (Lipinski definition) is 4. The molecule has 2 rings (SSSR count). The molecule has 1 atom stereocenters. The lowest BCUT2D eigenvalue weighted by molar-refractivity contribution is 0.0696. The highest BCUT2D eigenvalue weighted by Crippen LogP contribution is 2.24. The molecular weight excluding hydrogens is 352 g/mol. The van der Waals surface area contributed by atoms with Crippen molar-refractivity contribution in [3.63, 3.8) is 0 Å². The Labute approximate surface area is 154 Å². The second kappa shape index (κ2) is 8.82. The maximum absolute atomic E-state index is 12.8. The highest BCUT2D eigenvalue weighted by molar-refractivity contribution is 7.89. The van der Waals surface area contributed by atoms with E-state index in [1.54, 1.807) is 0 Å². The molecule has 0 bridgehead atoms. The SMILES string of the molecule is CCC[C@H](C)Nc1ccc(C(=O)O)cc1S(=O)(=O)NCc1ccccc1. The summed E-state index contributed by atoms with van der Waals surface area (Å²) in [7, 11) is -3.88. The van der Waals surface area contributed by atoms with E-state index in [0.29, 0.717) is 5.69 Å². The smallest absolute Gasteiger partial charge is 0.335 e. The summed E-state index contributed by atoms with van der Waals surface area (Å²) in [5.74, 6) is -1.17. The molecule has 0 aliphatic heterocycles. The van der Waals surface area contributed by atoms with E-state index in [4.69, 9.17) is 0 Å². The van der Waals surface area contributed by atoms with E-state index in [1.807, 2.05) is 44.2 Å². The van der Waals surface area contributed by atoms with Gasteiger partial charge in [0.05, 0.1) is 11.3 Å². The number of sulfonamides is 1. The first-order valence-corrected chi connectivity index (χ1v) is 9.99. The second-order valence-electron chi connectivity index (χ2n) is 6.16. The van der Waals surface area contributed by atoms with E-state index in [-0.39, 0.29) is 23.0 Å². The maximum atomic E-state index is 12.8. The molecule has 0 saturated carbocycles. The molecule has 0 amide bonds. The van der Waals surface area contributed by atoms with Gasteiger partial charge in [-0.15, -0.1) is 0 Å². The lowest BCUT2D eigenvalue weighted by atomic mass is 10.1. The molecule has 2 aromatic rings.